The first-order valence-electron chi connectivity index (χ1n) is 4.49. The Balaban J connectivity index is 2.67. The van der Waals surface area contributed by atoms with Gasteiger partial charge in [-0.2, -0.15) is 0 Å². The monoisotopic (exact) mass is 161 g/mol. The Morgan fingerprint density at radius 2 is 1.83 bits per heavy atom. The molecule has 0 aliphatic carbocycles. The van der Waals surface area contributed by atoms with Gasteiger partial charge in [-0.15, -0.1) is 0 Å². The zero-order chi connectivity index (χ0) is 8.72. The number of rotatable bonds is 0. The summed E-state index contributed by atoms with van der Waals surface area (Å²) in [5.41, 5.74) is 7.39. The zero-order valence-corrected chi connectivity index (χ0v) is 7.99. The van der Waals surface area contributed by atoms with E-state index in [1.54, 1.807) is 0 Å². The van der Waals surface area contributed by atoms with E-state index in [1.807, 2.05) is 0 Å². The summed E-state index contributed by atoms with van der Waals surface area (Å²) in [7, 11) is 0. The van der Waals surface area contributed by atoms with Crippen molar-refractivity contribution in [3.8, 4) is 0 Å². The molecule has 0 amide bonds. The number of fused-ring (bicyclic) bond motifs is 1. The second kappa shape index (κ2) is 2.60. The van der Waals surface area contributed by atoms with Gasteiger partial charge < -0.3 is 5.32 Å². The van der Waals surface area contributed by atoms with Crippen molar-refractivity contribution in [3.05, 3.63) is 33.9 Å². The molecular weight excluding hydrogens is 146 g/mol. The maximum atomic E-state index is 3.38. The van der Waals surface area contributed by atoms with E-state index < -0.39 is 0 Å². The molecule has 0 saturated carbocycles. The first kappa shape index (κ1) is 7.81. The molecule has 0 atom stereocenters. The third kappa shape index (κ3) is 0.969. The average Bonchev–Trinajstić information content (AvgIpc) is 2.48. The number of hydrogen-bond donors (Lipinski definition) is 1. The van der Waals surface area contributed by atoms with Crippen LogP contribution in [0.25, 0.3) is 0 Å². The Morgan fingerprint density at radius 1 is 1.08 bits per heavy atom. The number of benzene rings is 1. The molecule has 2 rings (SSSR count). The fourth-order valence-electron chi connectivity index (χ4n) is 1.95. The summed E-state index contributed by atoms with van der Waals surface area (Å²) in [5, 5.41) is 3.38. The Hall–Kier alpha value is -0.820. The molecule has 0 fully saturated rings. The van der Waals surface area contributed by atoms with Crippen LogP contribution in [0.2, 0.25) is 0 Å². The molecule has 1 heteroatoms. The van der Waals surface area contributed by atoms with E-state index in [-0.39, 0.29) is 0 Å². The molecule has 64 valence electrons. The second-order valence-corrected chi connectivity index (χ2v) is 3.68. The summed E-state index contributed by atoms with van der Waals surface area (Å²) in [6.45, 7) is 8.75. The van der Waals surface area contributed by atoms with Crippen LogP contribution in [0.5, 0.6) is 0 Å². The molecule has 1 N–H and O–H groups in total. The van der Waals surface area contributed by atoms with E-state index in [0.717, 1.165) is 13.1 Å². The summed E-state index contributed by atoms with van der Waals surface area (Å²) in [5.74, 6) is 0. The van der Waals surface area contributed by atoms with E-state index in [2.05, 4.69) is 32.2 Å². The van der Waals surface area contributed by atoms with Crippen LogP contribution in [0.15, 0.2) is 6.07 Å². The van der Waals surface area contributed by atoms with Crippen molar-refractivity contribution >= 4 is 0 Å². The van der Waals surface area contributed by atoms with Crippen molar-refractivity contribution < 1.29 is 0 Å². The smallest absolute Gasteiger partial charge is 0.0214 e. The maximum absolute atomic E-state index is 3.38. The topological polar surface area (TPSA) is 12.0 Å². The standard InChI is InChI=1S/C11H15N/c1-7-4-10-5-12-6-11(10)9(3)8(7)2/h4,12H,5-6H2,1-3H3. The second-order valence-electron chi connectivity index (χ2n) is 3.68. The van der Waals surface area contributed by atoms with E-state index in [9.17, 15) is 0 Å². The van der Waals surface area contributed by atoms with Crippen LogP contribution >= 0.6 is 0 Å². The molecule has 1 aromatic rings. The van der Waals surface area contributed by atoms with Crippen LogP contribution in [0, 0.1) is 20.8 Å². The summed E-state index contributed by atoms with van der Waals surface area (Å²) >= 11 is 0. The van der Waals surface area contributed by atoms with Crippen LogP contribution in [0.4, 0.5) is 0 Å². The van der Waals surface area contributed by atoms with E-state index in [0.29, 0.717) is 0 Å². The fourth-order valence-corrected chi connectivity index (χ4v) is 1.95. The van der Waals surface area contributed by atoms with Crippen molar-refractivity contribution in [2.45, 2.75) is 33.9 Å². The molecule has 1 aliphatic rings. The van der Waals surface area contributed by atoms with Crippen LogP contribution in [-0.4, -0.2) is 0 Å². The predicted octanol–water partition coefficient (Wildman–Crippen LogP) is 2.22. The lowest BCUT2D eigenvalue weighted by Gasteiger charge is -2.09. The zero-order valence-electron chi connectivity index (χ0n) is 7.99. The fraction of sp³-hybridized carbons (Fsp3) is 0.455. The van der Waals surface area contributed by atoms with E-state index in [4.69, 9.17) is 0 Å². The van der Waals surface area contributed by atoms with Gasteiger partial charge in [0.1, 0.15) is 0 Å². The van der Waals surface area contributed by atoms with Gasteiger partial charge in [0.25, 0.3) is 0 Å². The highest BCUT2D eigenvalue weighted by Gasteiger charge is 2.14. The molecule has 1 nitrogen and oxygen atoms in total. The van der Waals surface area contributed by atoms with Gasteiger partial charge in [-0.25, -0.2) is 0 Å². The summed E-state index contributed by atoms with van der Waals surface area (Å²) < 4.78 is 0. The van der Waals surface area contributed by atoms with Crippen molar-refractivity contribution in [3.63, 3.8) is 0 Å². The lowest BCUT2D eigenvalue weighted by molar-refractivity contribution is 0.763. The van der Waals surface area contributed by atoms with Gasteiger partial charge in [0, 0.05) is 13.1 Å². The normalized spacial score (nSPS) is 14.9. The Morgan fingerprint density at radius 3 is 2.58 bits per heavy atom. The van der Waals surface area contributed by atoms with Crippen molar-refractivity contribution in [2.24, 2.45) is 0 Å². The third-order valence-electron chi connectivity index (χ3n) is 3.00. The lowest BCUT2D eigenvalue weighted by atomic mass is 9.96. The lowest BCUT2D eigenvalue weighted by Crippen LogP contribution is -2.00. The first-order chi connectivity index (χ1) is 5.70. The third-order valence-corrected chi connectivity index (χ3v) is 3.00. The van der Waals surface area contributed by atoms with Crippen molar-refractivity contribution in [1.29, 1.82) is 0 Å². The van der Waals surface area contributed by atoms with Gasteiger partial charge in [-0.1, -0.05) is 6.07 Å². The molecule has 1 aliphatic heterocycles. The minimum absolute atomic E-state index is 1.05. The van der Waals surface area contributed by atoms with Gasteiger partial charge in [-0.3, -0.25) is 0 Å². The quantitative estimate of drug-likeness (QED) is 0.615. The highest BCUT2D eigenvalue weighted by atomic mass is 14.9. The molecule has 0 bridgehead atoms. The number of nitrogens with one attached hydrogen (secondary N) is 1. The molecule has 0 unspecified atom stereocenters. The van der Waals surface area contributed by atoms with Gasteiger partial charge in [0.15, 0.2) is 0 Å². The van der Waals surface area contributed by atoms with Crippen molar-refractivity contribution in [1.82, 2.24) is 5.32 Å². The van der Waals surface area contributed by atoms with E-state index in [1.165, 1.54) is 27.8 Å². The summed E-state index contributed by atoms with van der Waals surface area (Å²) in [6.07, 6.45) is 0. The first-order valence-corrected chi connectivity index (χ1v) is 4.49. The number of aryl methyl sites for hydroxylation is 1. The van der Waals surface area contributed by atoms with Gasteiger partial charge in [-0.05, 0) is 48.6 Å². The van der Waals surface area contributed by atoms with Gasteiger partial charge in [0.2, 0.25) is 0 Å². The Kier molecular flexibility index (Phi) is 1.69. The van der Waals surface area contributed by atoms with Crippen LogP contribution in [0.1, 0.15) is 27.8 Å². The largest absolute Gasteiger partial charge is 0.309 e. The van der Waals surface area contributed by atoms with E-state index >= 15 is 0 Å². The summed E-state index contributed by atoms with van der Waals surface area (Å²) in [4.78, 5) is 0. The highest BCUT2D eigenvalue weighted by molar-refractivity contribution is 5.45. The molecule has 0 aromatic heterocycles. The molecule has 0 spiro atoms. The van der Waals surface area contributed by atoms with Crippen LogP contribution in [0.3, 0.4) is 0 Å². The Labute approximate surface area is 73.8 Å². The average molecular weight is 161 g/mol. The minimum atomic E-state index is 1.05. The number of hydrogen-bond acceptors (Lipinski definition) is 1. The summed E-state index contributed by atoms with van der Waals surface area (Å²) in [6, 6.07) is 2.32. The minimum Gasteiger partial charge on any atom is -0.309 e. The van der Waals surface area contributed by atoms with Crippen molar-refractivity contribution in [2.75, 3.05) is 0 Å². The highest BCUT2D eigenvalue weighted by Crippen LogP contribution is 2.24. The predicted molar refractivity (Wildman–Crippen MR) is 51.2 cm³/mol. The molecular formula is C11H15N. The Bertz CT molecular complexity index is 326. The van der Waals surface area contributed by atoms with Gasteiger partial charge >= 0.3 is 0 Å². The molecule has 0 saturated heterocycles. The molecule has 1 aromatic carbocycles. The molecule has 1 heterocycles. The molecule has 0 radical (unpaired) electrons. The van der Waals surface area contributed by atoms with Crippen LogP contribution < -0.4 is 5.32 Å². The molecule has 12 heavy (non-hydrogen) atoms. The maximum Gasteiger partial charge on any atom is 0.0214 e. The van der Waals surface area contributed by atoms with Gasteiger partial charge in [0.05, 0.1) is 0 Å². The van der Waals surface area contributed by atoms with Crippen LogP contribution in [-0.2, 0) is 13.1 Å². The SMILES string of the molecule is Cc1cc2c(c(C)c1C)CNC2.